The largest absolute Gasteiger partial charge is 0.465 e. The van der Waals surface area contributed by atoms with Gasteiger partial charge in [-0.2, -0.15) is 0 Å². The van der Waals surface area contributed by atoms with Crippen molar-refractivity contribution in [3.8, 4) is 0 Å². The molecule has 2 aromatic rings. The number of hydrogen-bond donors (Lipinski definition) is 1. The van der Waals surface area contributed by atoms with Gasteiger partial charge in [-0.3, -0.25) is 4.79 Å². The molecule has 2 aromatic heterocycles. The van der Waals surface area contributed by atoms with Crippen LogP contribution in [-0.4, -0.2) is 34.3 Å². The SMILES string of the molecule is COC(=O)c1sccc1NC(=O)CSc1nc(C)c(C)n1CC(C)C. The number of carbonyl (C=O) groups is 2. The second-order valence-electron chi connectivity index (χ2n) is 6.06. The smallest absolute Gasteiger partial charge is 0.350 e. The summed E-state index contributed by atoms with van der Waals surface area (Å²) in [6.45, 7) is 9.20. The van der Waals surface area contributed by atoms with Gasteiger partial charge in [-0.15, -0.1) is 11.3 Å². The number of ether oxygens (including phenoxy) is 1. The predicted octanol–water partition coefficient (Wildman–Crippen LogP) is 3.73. The molecule has 136 valence electrons. The van der Waals surface area contributed by atoms with Crippen LogP contribution in [0.15, 0.2) is 16.6 Å². The van der Waals surface area contributed by atoms with Gasteiger partial charge in [-0.25, -0.2) is 9.78 Å². The third-order valence-corrected chi connectivity index (χ3v) is 5.48. The Labute approximate surface area is 156 Å². The highest BCUT2D eigenvalue weighted by Gasteiger charge is 2.17. The van der Waals surface area contributed by atoms with Crippen LogP contribution in [0.25, 0.3) is 0 Å². The fourth-order valence-electron chi connectivity index (χ4n) is 2.29. The number of methoxy groups -OCH3 is 1. The topological polar surface area (TPSA) is 73.2 Å². The van der Waals surface area contributed by atoms with E-state index in [1.165, 1.54) is 30.2 Å². The van der Waals surface area contributed by atoms with Gasteiger partial charge in [0, 0.05) is 12.2 Å². The maximum Gasteiger partial charge on any atom is 0.350 e. The number of amides is 1. The van der Waals surface area contributed by atoms with Crippen LogP contribution in [-0.2, 0) is 16.1 Å². The summed E-state index contributed by atoms with van der Waals surface area (Å²) < 4.78 is 6.87. The van der Waals surface area contributed by atoms with E-state index in [0.717, 1.165) is 23.1 Å². The van der Waals surface area contributed by atoms with Crippen LogP contribution in [0.2, 0.25) is 0 Å². The minimum atomic E-state index is -0.448. The third-order valence-electron chi connectivity index (χ3n) is 3.61. The average molecular weight is 382 g/mol. The molecule has 0 saturated carbocycles. The minimum Gasteiger partial charge on any atom is -0.465 e. The van der Waals surface area contributed by atoms with Gasteiger partial charge in [0.1, 0.15) is 4.88 Å². The first-order chi connectivity index (χ1) is 11.8. The molecule has 0 aliphatic heterocycles. The number of imidazole rings is 1. The Morgan fingerprint density at radius 2 is 2.12 bits per heavy atom. The summed E-state index contributed by atoms with van der Waals surface area (Å²) in [7, 11) is 1.32. The van der Waals surface area contributed by atoms with Crippen molar-refractivity contribution < 1.29 is 14.3 Å². The van der Waals surface area contributed by atoms with E-state index < -0.39 is 5.97 Å². The van der Waals surface area contributed by atoms with Crippen molar-refractivity contribution in [2.24, 2.45) is 5.92 Å². The summed E-state index contributed by atoms with van der Waals surface area (Å²) in [6.07, 6.45) is 0. The molecule has 1 N–H and O–H groups in total. The van der Waals surface area contributed by atoms with Gasteiger partial charge >= 0.3 is 5.97 Å². The lowest BCUT2D eigenvalue weighted by Crippen LogP contribution is -2.16. The normalized spacial score (nSPS) is 11.0. The molecular weight excluding hydrogens is 358 g/mol. The molecular formula is C17H23N3O3S2. The molecule has 1 amide bonds. The molecule has 8 heteroatoms. The number of aryl methyl sites for hydroxylation is 1. The number of rotatable bonds is 7. The third kappa shape index (κ3) is 4.85. The van der Waals surface area contributed by atoms with Crippen molar-refractivity contribution in [2.75, 3.05) is 18.2 Å². The minimum absolute atomic E-state index is 0.178. The van der Waals surface area contributed by atoms with Crippen LogP contribution < -0.4 is 5.32 Å². The van der Waals surface area contributed by atoms with Crippen molar-refractivity contribution in [2.45, 2.75) is 39.4 Å². The van der Waals surface area contributed by atoms with Gasteiger partial charge in [0.05, 0.1) is 24.2 Å². The zero-order valence-electron chi connectivity index (χ0n) is 15.1. The second-order valence-corrected chi connectivity index (χ2v) is 7.92. The van der Waals surface area contributed by atoms with Gasteiger partial charge in [-0.1, -0.05) is 25.6 Å². The quantitative estimate of drug-likeness (QED) is 0.584. The number of nitrogens with zero attached hydrogens (tertiary/aromatic N) is 2. The van der Waals surface area contributed by atoms with E-state index in [1.54, 1.807) is 11.4 Å². The van der Waals surface area contributed by atoms with E-state index in [4.69, 9.17) is 4.74 Å². The Kier molecular flexibility index (Phi) is 6.66. The first-order valence-corrected chi connectivity index (χ1v) is 9.82. The van der Waals surface area contributed by atoms with Gasteiger partial charge < -0.3 is 14.6 Å². The van der Waals surface area contributed by atoms with Crippen molar-refractivity contribution in [1.29, 1.82) is 0 Å². The lowest BCUT2D eigenvalue weighted by Gasteiger charge is -2.12. The van der Waals surface area contributed by atoms with Crippen LogP contribution in [0.5, 0.6) is 0 Å². The van der Waals surface area contributed by atoms with E-state index in [-0.39, 0.29) is 11.7 Å². The Morgan fingerprint density at radius 3 is 2.76 bits per heavy atom. The van der Waals surface area contributed by atoms with Gasteiger partial charge in [0.2, 0.25) is 5.91 Å². The molecule has 2 heterocycles. The Bertz CT molecular complexity index is 765. The Hall–Kier alpha value is -1.80. The van der Waals surface area contributed by atoms with Crippen LogP contribution in [0, 0.1) is 19.8 Å². The second kappa shape index (κ2) is 8.53. The number of esters is 1. The number of nitrogens with one attached hydrogen (secondary N) is 1. The van der Waals surface area contributed by atoms with Crippen molar-refractivity contribution in [3.63, 3.8) is 0 Å². The standard InChI is InChI=1S/C17H23N3O3S2/c1-10(2)8-20-12(4)11(3)18-17(20)25-9-14(21)19-13-6-7-24-15(13)16(22)23-5/h6-7,10H,8-9H2,1-5H3,(H,19,21). The number of thioether (sulfide) groups is 1. The van der Waals surface area contributed by atoms with Gasteiger partial charge in [0.15, 0.2) is 5.16 Å². The molecule has 0 radical (unpaired) electrons. The zero-order chi connectivity index (χ0) is 18.6. The van der Waals surface area contributed by atoms with Gasteiger partial charge in [-0.05, 0) is 31.2 Å². The molecule has 0 fully saturated rings. The molecule has 6 nitrogen and oxygen atoms in total. The summed E-state index contributed by atoms with van der Waals surface area (Å²) in [5.41, 5.74) is 2.59. The maximum absolute atomic E-state index is 12.3. The van der Waals surface area contributed by atoms with Crippen molar-refractivity contribution in [1.82, 2.24) is 9.55 Å². The summed E-state index contributed by atoms with van der Waals surface area (Å²) >= 11 is 2.64. The summed E-state index contributed by atoms with van der Waals surface area (Å²) in [6, 6.07) is 1.70. The molecule has 0 saturated heterocycles. The van der Waals surface area contributed by atoms with Crippen LogP contribution in [0.1, 0.15) is 34.9 Å². The molecule has 2 rings (SSSR count). The predicted molar refractivity (Wildman–Crippen MR) is 102 cm³/mol. The molecule has 0 atom stereocenters. The van der Waals surface area contributed by atoms with E-state index in [2.05, 4.69) is 28.7 Å². The molecule has 0 aliphatic rings. The van der Waals surface area contributed by atoms with E-state index in [9.17, 15) is 9.59 Å². The number of hydrogen-bond acceptors (Lipinski definition) is 6. The Balaban J connectivity index is 2.03. The highest BCUT2D eigenvalue weighted by atomic mass is 32.2. The molecule has 0 unspecified atom stereocenters. The summed E-state index contributed by atoms with van der Waals surface area (Å²) in [5, 5.41) is 5.36. The van der Waals surface area contributed by atoms with Crippen molar-refractivity contribution in [3.05, 3.63) is 27.7 Å². The number of aromatic nitrogens is 2. The average Bonchev–Trinajstić information content (AvgIpc) is 3.12. The highest BCUT2D eigenvalue weighted by molar-refractivity contribution is 7.99. The molecule has 25 heavy (non-hydrogen) atoms. The first kappa shape index (κ1) is 19.5. The lowest BCUT2D eigenvalue weighted by molar-refractivity contribution is -0.113. The first-order valence-electron chi connectivity index (χ1n) is 7.95. The zero-order valence-corrected chi connectivity index (χ0v) is 16.7. The molecule has 0 aliphatic carbocycles. The van der Waals surface area contributed by atoms with E-state index in [1.807, 2.05) is 13.8 Å². The maximum atomic E-state index is 12.3. The fourth-order valence-corrected chi connectivity index (χ4v) is 3.96. The number of thiophene rings is 1. The fraction of sp³-hybridized carbons (Fsp3) is 0.471. The molecule has 0 spiro atoms. The molecule has 0 bridgehead atoms. The Morgan fingerprint density at radius 1 is 1.40 bits per heavy atom. The van der Waals surface area contributed by atoms with Gasteiger partial charge in [0.25, 0.3) is 0 Å². The lowest BCUT2D eigenvalue weighted by atomic mass is 10.2. The van der Waals surface area contributed by atoms with Crippen molar-refractivity contribution >= 4 is 40.7 Å². The molecule has 0 aromatic carbocycles. The number of anilines is 1. The summed E-state index contributed by atoms with van der Waals surface area (Å²) in [5.74, 6) is 0.0956. The number of carbonyl (C=O) groups excluding carboxylic acids is 2. The monoisotopic (exact) mass is 381 g/mol. The van der Waals surface area contributed by atoms with E-state index in [0.29, 0.717) is 16.5 Å². The van der Waals surface area contributed by atoms with Crippen LogP contribution >= 0.6 is 23.1 Å². The summed E-state index contributed by atoms with van der Waals surface area (Å²) in [4.78, 5) is 28.9. The van der Waals surface area contributed by atoms with E-state index >= 15 is 0 Å². The highest BCUT2D eigenvalue weighted by Crippen LogP contribution is 2.25. The van der Waals surface area contributed by atoms with Crippen LogP contribution in [0.4, 0.5) is 5.69 Å². The van der Waals surface area contributed by atoms with Crippen LogP contribution in [0.3, 0.4) is 0 Å².